The van der Waals surface area contributed by atoms with Crippen molar-refractivity contribution in [2.75, 3.05) is 0 Å². The van der Waals surface area contributed by atoms with E-state index < -0.39 is 0 Å². The number of carbonyl (C=O) groups is 1. The van der Waals surface area contributed by atoms with Crippen LogP contribution in [0.5, 0.6) is 0 Å². The molecule has 0 radical (unpaired) electrons. The molecule has 27 heavy (non-hydrogen) atoms. The molecule has 0 aliphatic carbocycles. The van der Waals surface area contributed by atoms with E-state index in [0.717, 1.165) is 10.8 Å². The van der Waals surface area contributed by atoms with Gasteiger partial charge in [0.05, 0.1) is 5.22 Å². The van der Waals surface area contributed by atoms with Crippen molar-refractivity contribution in [1.82, 2.24) is 9.97 Å². The van der Waals surface area contributed by atoms with Gasteiger partial charge in [0.1, 0.15) is 6.33 Å². The van der Waals surface area contributed by atoms with Crippen LogP contribution in [-0.4, -0.2) is 34.5 Å². The Labute approximate surface area is 155 Å². The molecule has 7 heteroatoms. The number of allylic oxidation sites excluding steroid dienone is 7. The second-order valence-electron chi connectivity index (χ2n) is 5.27. The number of aliphatic imine (C=N–C) groups is 3. The molecule has 3 heterocycles. The normalized spacial score (nSPS) is 22.5. The van der Waals surface area contributed by atoms with Crippen molar-refractivity contribution in [2.45, 2.75) is 6.42 Å². The van der Waals surface area contributed by atoms with Gasteiger partial charge in [-0.3, -0.25) is 9.79 Å². The SMILES string of the molecule is O=C1/C=C\C\C=C/C=C\C=C/N=c2ncnc3c2=C(C=N/C=C\C=N1)C=N3. The lowest BCUT2D eigenvalue weighted by Crippen LogP contribution is -2.30. The van der Waals surface area contributed by atoms with E-state index in [2.05, 4.69) is 29.9 Å². The number of aromatic nitrogens is 2. The summed E-state index contributed by atoms with van der Waals surface area (Å²) in [6.07, 6.45) is 24.1. The van der Waals surface area contributed by atoms with E-state index in [-0.39, 0.29) is 5.91 Å². The van der Waals surface area contributed by atoms with Crippen molar-refractivity contribution >= 4 is 35.9 Å². The molecule has 7 nitrogen and oxygen atoms in total. The van der Waals surface area contributed by atoms with E-state index in [4.69, 9.17) is 0 Å². The lowest BCUT2D eigenvalue weighted by Gasteiger charge is -1.90. The summed E-state index contributed by atoms with van der Waals surface area (Å²) in [4.78, 5) is 36.5. The monoisotopic (exact) mass is 356 g/mol. The first kappa shape index (κ1) is 17.9. The molecule has 0 saturated carbocycles. The smallest absolute Gasteiger partial charge is 0.267 e. The summed E-state index contributed by atoms with van der Waals surface area (Å²) in [5.74, 6) is 0.238. The largest absolute Gasteiger partial charge is 0.269 e. The van der Waals surface area contributed by atoms with Crippen molar-refractivity contribution in [1.29, 1.82) is 0 Å². The van der Waals surface area contributed by atoms with Gasteiger partial charge in [0.25, 0.3) is 5.91 Å². The van der Waals surface area contributed by atoms with Crippen LogP contribution in [0.2, 0.25) is 0 Å². The Balaban J connectivity index is 1.98. The fourth-order valence-electron chi connectivity index (χ4n) is 2.18. The lowest BCUT2D eigenvalue weighted by molar-refractivity contribution is -0.113. The van der Waals surface area contributed by atoms with Crippen LogP contribution in [-0.2, 0) is 4.79 Å². The summed E-state index contributed by atoms with van der Waals surface area (Å²) < 4.78 is 0. The minimum absolute atomic E-state index is 0.320. The van der Waals surface area contributed by atoms with E-state index in [0.29, 0.717) is 17.7 Å². The Hall–Kier alpha value is -3.87. The van der Waals surface area contributed by atoms with Gasteiger partial charge in [-0.1, -0.05) is 30.4 Å². The second kappa shape index (κ2) is 9.57. The van der Waals surface area contributed by atoms with Crippen molar-refractivity contribution in [2.24, 2.45) is 20.0 Å². The lowest BCUT2D eigenvalue weighted by atomic mass is 10.2. The first-order valence-electron chi connectivity index (χ1n) is 8.23. The van der Waals surface area contributed by atoms with Crippen LogP contribution in [0.3, 0.4) is 0 Å². The maximum absolute atomic E-state index is 11.6. The fraction of sp³-hybridized carbons (Fsp3) is 0.0500. The quantitative estimate of drug-likeness (QED) is 0.709. The molecule has 0 N–H and O–H groups in total. The van der Waals surface area contributed by atoms with Crippen molar-refractivity contribution < 1.29 is 4.79 Å². The molecule has 0 aromatic carbocycles. The van der Waals surface area contributed by atoms with Gasteiger partial charge in [0.2, 0.25) is 0 Å². The third-order valence-electron chi connectivity index (χ3n) is 3.38. The van der Waals surface area contributed by atoms with Gasteiger partial charge in [0, 0.05) is 42.7 Å². The Kier molecular flexibility index (Phi) is 6.36. The number of rotatable bonds is 0. The molecular formula is C20H16N6O. The van der Waals surface area contributed by atoms with Gasteiger partial charge in [-0.15, -0.1) is 0 Å². The third-order valence-corrected chi connectivity index (χ3v) is 3.38. The molecule has 0 fully saturated rings. The summed E-state index contributed by atoms with van der Waals surface area (Å²) in [5, 5.41) is 0.728. The van der Waals surface area contributed by atoms with E-state index in [1.54, 1.807) is 36.9 Å². The molecule has 2 aliphatic rings. The van der Waals surface area contributed by atoms with Gasteiger partial charge in [-0.05, 0) is 18.6 Å². The Morgan fingerprint density at radius 1 is 0.852 bits per heavy atom. The molecule has 1 aromatic heterocycles. The van der Waals surface area contributed by atoms with Gasteiger partial charge in [-0.25, -0.2) is 24.9 Å². The molecule has 1 amide bonds. The predicted molar refractivity (Wildman–Crippen MR) is 107 cm³/mol. The first-order valence-corrected chi connectivity index (χ1v) is 8.23. The van der Waals surface area contributed by atoms with Crippen LogP contribution in [0.25, 0.3) is 5.57 Å². The van der Waals surface area contributed by atoms with Gasteiger partial charge in [0.15, 0.2) is 11.3 Å². The number of hydrogen-bond acceptors (Lipinski definition) is 6. The highest BCUT2D eigenvalue weighted by molar-refractivity contribution is 6.30. The van der Waals surface area contributed by atoms with Gasteiger partial charge in [-0.2, -0.15) is 0 Å². The summed E-state index contributed by atoms with van der Waals surface area (Å²) in [5.41, 5.74) is 1.28. The highest BCUT2D eigenvalue weighted by Gasteiger charge is 2.08. The zero-order valence-electron chi connectivity index (χ0n) is 14.4. The topological polar surface area (TPSA) is 92.3 Å². The Bertz CT molecular complexity index is 1070. The Morgan fingerprint density at radius 2 is 1.78 bits per heavy atom. The third kappa shape index (κ3) is 5.30. The van der Waals surface area contributed by atoms with E-state index in [1.807, 2.05) is 24.3 Å². The minimum atomic E-state index is -0.320. The van der Waals surface area contributed by atoms with Crippen molar-refractivity contribution in [3.8, 4) is 0 Å². The molecule has 0 saturated heterocycles. The van der Waals surface area contributed by atoms with Crippen LogP contribution in [0, 0.1) is 0 Å². The number of hydrogen-bond donors (Lipinski definition) is 0. The molecule has 1 aromatic rings. The average Bonchev–Trinajstić information content (AvgIpc) is 3.09. The highest BCUT2D eigenvalue weighted by Crippen LogP contribution is 2.04. The van der Waals surface area contributed by atoms with Crippen LogP contribution in [0.4, 0.5) is 5.82 Å². The summed E-state index contributed by atoms with van der Waals surface area (Å²) in [7, 11) is 0. The number of amides is 1. The Morgan fingerprint density at radius 3 is 2.74 bits per heavy atom. The molecule has 0 unspecified atom stereocenters. The van der Waals surface area contributed by atoms with Crippen LogP contribution >= 0.6 is 0 Å². The highest BCUT2D eigenvalue weighted by atomic mass is 16.1. The van der Waals surface area contributed by atoms with Crippen molar-refractivity contribution in [3.63, 3.8) is 0 Å². The first-order chi connectivity index (χ1) is 13.3. The van der Waals surface area contributed by atoms with Gasteiger partial charge >= 0.3 is 0 Å². The maximum atomic E-state index is 11.6. The van der Waals surface area contributed by atoms with E-state index in [9.17, 15) is 4.79 Å². The van der Waals surface area contributed by atoms with Crippen molar-refractivity contribution in [3.05, 3.63) is 78.0 Å². The molecule has 0 atom stereocenters. The van der Waals surface area contributed by atoms with Crippen LogP contribution in [0.15, 0.2) is 87.3 Å². The average molecular weight is 356 g/mol. The molecule has 0 spiro atoms. The summed E-state index contributed by atoms with van der Waals surface area (Å²) in [6, 6.07) is 0. The van der Waals surface area contributed by atoms with Crippen LogP contribution in [0.1, 0.15) is 6.42 Å². The van der Waals surface area contributed by atoms with Crippen LogP contribution < -0.4 is 10.7 Å². The molecule has 0 bridgehead atoms. The molecule has 3 rings (SSSR count). The number of carbonyl (C=O) groups excluding carboxylic acids is 1. The summed E-state index contributed by atoms with van der Waals surface area (Å²) >= 11 is 0. The second-order valence-corrected chi connectivity index (χ2v) is 5.27. The molecular weight excluding hydrogens is 340 g/mol. The molecule has 132 valence electrons. The minimum Gasteiger partial charge on any atom is -0.267 e. The number of nitrogens with zero attached hydrogens (tertiary/aromatic N) is 6. The zero-order chi connectivity index (χ0) is 18.7. The van der Waals surface area contributed by atoms with E-state index >= 15 is 0 Å². The predicted octanol–water partition coefficient (Wildman–Crippen LogP) is 1.73. The summed E-state index contributed by atoms with van der Waals surface area (Å²) in [6.45, 7) is 0. The fourth-order valence-corrected chi connectivity index (χ4v) is 2.18. The van der Waals surface area contributed by atoms with E-state index in [1.165, 1.54) is 24.8 Å². The maximum Gasteiger partial charge on any atom is 0.269 e. The zero-order valence-corrected chi connectivity index (χ0v) is 14.4. The molecule has 2 aliphatic heterocycles. The van der Waals surface area contributed by atoms with Gasteiger partial charge < -0.3 is 0 Å². The standard InChI is InChI=1S/C20H16N6O/c27-17-9-6-4-2-1-3-5-7-11-23-19-18-16(13-21-10-8-12-22-17)14-24-20(18)26-15-25-19/h1-3,5-15H,4H2/b2-1-,5-3-,9-6-,10-8-,11-7-,21-13?,22-12?,23-19?.